The van der Waals surface area contributed by atoms with Crippen LogP contribution in [0.2, 0.25) is 0 Å². The van der Waals surface area contributed by atoms with Crippen LogP contribution in [-0.2, 0) is 11.3 Å². The van der Waals surface area contributed by atoms with E-state index in [1.165, 1.54) is 12.8 Å². The van der Waals surface area contributed by atoms with Gasteiger partial charge in [-0.2, -0.15) is 0 Å². The fourth-order valence-electron chi connectivity index (χ4n) is 2.84. The van der Waals surface area contributed by atoms with Gasteiger partial charge in [-0.15, -0.1) is 0 Å². The molecule has 1 aliphatic carbocycles. The largest absolute Gasteiger partial charge is 0.354 e. The first-order chi connectivity index (χ1) is 11.2. The van der Waals surface area contributed by atoms with Crippen molar-refractivity contribution in [3.63, 3.8) is 0 Å². The molecule has 0 atom stereocenters. The molecule has 2 heterocycles. The summed E-state index contributed by atoms with van der Waals surface area (Å²) in [4.78, 5) is 21.1. The number of amides is 1. The van der Waals surface area contributed by atoms with E-state index in [2.05, 4.69) is 38.5 Å². The van der Waals surface area contributed by atoms with Gasteiger partial charge in [-0.25, -0.2) is 4.98 Å². The quantitative estimate of drug-likeness (QED) is 0.765. The lowest BCUT2D eigenvalue weighted by Gasteiger charge is -2.34. The highest BCUT2D eigenvalue weighted by atomic mass is 16.1. The number of anilines is 1. The predicted molar refractivity (Wildman–Crippen MR) is 91.4 cm³/mol. The number of likely N-dealkylation sites (N-methyl/N-ethyl adjacent to an activating group) is 1. The highest BCUT2D eigenvalue weighted by Crippen LogP contribution is 2.27. The molecular weight excluding hydrogens is 290 g/mol. The number of rotatable bonds is 7. The average molecular weight is 317 g/mol. The van der Waals surface area contributed by atoms with Crippen LogP contribution in [0.1, 0.15) is 18.4 Å². The lowest BCUT2D eigenvalue weighted by atomic mass is 10.2. The van der Waals surface area contributed by atoms with Crippen LogP contribution in [0.15, 0.2) is 18.3 Å². The van der Waals surface area contributed by atoms with Crippen molar-refractivity contribution in [3.8, 4) is 0 Å². The summed E-state index contributed by atoms with van der Waals surface area (Å²) in [5, 5.41) is 6.23. The lowest BCUT2D eigenvalue weighted by Crippen LogP contribution is -2.45. The molecule has 2 N–H and O–H groups in total. The second-order valence-electron chi connectivity index (χ2n) is 6.63. The minimum absolute atomic E-state index is 0.0545. The average Bonchev–Trinajstić information content (AvgIpc) is 3.38. The Balaban J connectivity index is 1.49. The molecule has 6 heteroatoms. The maximum Gasteiger partial charge on any atom is 0.234 e. The molecule has 0 aromatic carbocycles. The van der Waals surface area contributed by atoms with Crippen LogP contribution in [0.25, 0.3) is 0 Å². The first-order valence-corrected chi connectivity index (χ1v) is 8.57. The summed E-state index contributed by atoms with van der Waals surface area (Å²) in [5.74, 6) is 1.86. The van der Waals surface area contributed by atoms with Crippen LogP contribution in [0.3, 0.4) is 0 Å². The first-order valence-electron chi connectivity index (χ1n) is 8.57. The van der Waals surface area contributed by atoms with Gasteiger partial charge in [0, 0.05) is 44.5 Å². The lowest BCUT2D eigenvalue weighted by molar-refractivity contribution is -0.120. The van der Waals surface area contributed by atoms with Crippen molar-refractivity contribution in [3.05, 3.63) is 23.9 Å². The second-order valence-corrected chi connectivity index (χ2v) is 6.63. The zero-order valence-electron chi connectivity index (χ0n) is 13.9. The fraction of sp³-hybridized carbons (Fsp3) is 0.647. The number of carbonyl (C=O) groups excluding carboxylic acids is 1. The van der Waals surface area contributed by atoms with Gasteiger partial charge in [0.25, 0.3) is 0 Å². The standard InChI is InChI=1S/C17H27N5O/c1-21-7-9-22(10-8-21)17-15(3-2-6-19-17)12-20-16(23)13-18-11-14-4-5-14/h2-3,6,14,18H,4-5,7-13H2,1H3,(H,20,23). The zero-order chi connectivity index (χ0) is 16.1. The number of nitrogens with one attached hydrogen (secondary N) is 2. The normalized spacial score (nSPS) is 18.9. The maximum absolute atomic E-state index is 11.9. The van der Waals surface area contributed by atoms with E-state index in [0.717, 1.165) is 50.0 Å². The molecule has 1 aromatic rings. The number of hydrogen-bond acceptors (Lipinski definition) is 5. The van der Waals surface area contributed by atoms with Crippen molar-refractivity contribution in [2.24, 2.45) is 5.92 Å². The van der Waals surface area contributed by atoms with Crippen LogP contribution in [0.5, 0.6) is 0 Å². The summed E-state index contributed by atoms with van der Waals surface area (Å²) >= 11 is 0. The third-order valence-corrected chi connectivity index (χ3v) is 4.56. The van der Waals surface area contributed by atoms with E-state index in [0.29, 0.717) is 13.1 Å². The van der Waals surface area contributed by atoms with Crippen LogP contribution < -0.4 is 15.5 Å². The molecule has 1 aromatic heterocycles. The summed E-state index contributed by atoms with van der Waals surface area (Å²) < 4.78 is 0. The number of nitrogens with zero attached hydrogens (tertiary/aromatic N) is 3. The van der Waals surface area contributed by atoms with Crippen molar-refractivity contribution in [1.29, 1.82) is 0 Å². The smallest absolute Gasteiger partial charge is 0.234 e. The van der Waals surface area contributed by atoms with Gasteiger partial charge in [-0.1, -0.05) is 6.07 Å². The Bertz CT molecular complexity index is 523. The molecule has 2 fully saturated rings. The summed E-state index contributed by atoms with van der Waals surface area (Å²) in [7, 11) is 2.14. The molecule has 23 heavy (non-hydrogen) atoms. The molecule has 1 saturated heterocycles. The number of piperazine rings is 1. The molecule has 0 radical (unpaired) electrons. The topological polar surface area (TPSA) is 60.5 Å². The van der Waals surface area contributed by atoms with Crippen LogP contribution >= 0.6 is 0 Å². The molecular formula is C17H27N5O. The van der Waals surface area contributed by atoms with Gasteiger partial charge in [0.2, 0.25) is 5.91 Å². The highest BCUT2D eigenvalue weighted by molar-refractivity contribution is 5.78. The monoisotopic (exact) mass is 317 g/mol. The summed E-state index contributed by atoms with van der Waals surface area (Å²) in [5.41, 5.74) is 1.09. The van der Waals surface area contributed by atoms with E-state index >= 15 is 0 Å². The molecule has 6 nitrogen and oxygen atoms in total. The van der Waals surface area contributed by atoms with Gasteiger partial charge < -0.3 is 20.4 Å². The Morgan fingerprint density at radius 2 is 2.09 bits per heavy atom. The Morgan fingerprint density at radius 3 is 2.83 bits per heavy atom. The maximum atomic E-state index is 11.9. The van der Waals surface area contributed by atoms with Gasteiger partial charge in [-0.05, 0) is 38.4 Å². The van der Waals surface area contributed by atoms with Crippen molar-refractivity contribution >= 4 is 11.7 Å². The Hall–Kier alpha value is -1.66. The fourth-order valence-corrected chi connectivity index (χ4v) is 2.84. The molecule has 0 spiro atoms. The Morgan fingerprint density at radius 1 is 1.30 bits per heavy atom. The summed E-state index contributed by atoms with van der Waals surface area (Å²) in [6.07, 6.45) is 4.44. The third-order valence-electron chi connectivity index (χ3n) is 4.56. The van der Waals surface area contributed by atoms with Crippen LogP contribution in [0, 0.1) is 5.92 Å². The zero-order valence-corrected chi connectivity index (χ0v) is 13.9. The van der Waals surface area contributed by atoms with E-state index in [-0.39, 0.29) is 5.91 Å². The van der Waals surface area contributed by atoms with Crippen molar-refractivity contribution < 1.29 is 4.79 Å². The van der Waals surface area contributed by atoms with Gasteiger partial charge in [0.1, 0.15) is 5.82 Å². The molecule has 1 aliphatic heterocycles. The summed E-state index contributed by atoms with van der Waals surface area (Å²) in [6.45, 7) is 5.97. The highest BCUT2D eigenvalue weighted by Gasteiger charge is 2.21. The van der Waals surface area contributed by atoms with Gasteiger partial charge in [0.05, 0.1) is 6.54 Å². The van der Waals surface area contributed by atoms with Gasteiger partial charge in [0.15, 0.2) is 0 Å². The number of carbonyl (C=O) groups is 1. The van der Waals surface area contributed by atoms with E-state index in [1.54, 1.807) is 0 Å². The number of aromatic nitrogens is 1. The molecule has 1 saturated carbocycles. The van der Waals surface area contributed by atoms with E-state index in [9.17, 15) is 4.79 Å². The Labute approximate surface area is 138 Å². The number of hydrogen-bond donors (Lipinski definition) is 2. The Kier molecular flexibility index (Phi) is 5.46. The molecule has 3 rings (SSSR count). The number of pyridine rings is 1. The molecule has 1 amide bonds. The third kappa shape index (κ3) is 4.91. The minimum atomic E-state index is 0.0545. The predicted octanol–water partition coefficient (Wildman–Crippen LogP) is 0.449. The van der Waals surface area contributed by atoms with Gasteiger partial charge in [-0.3, -0.25) is 4.79 Å². The minimum Gasteiger partial charge on any atom is -0.354 e. The molecule has 126 valence electrons. The van der Waals surface area contributed by atoms with Crippen LogP contribution in [0.4, 0.5) is 5.82 Å². The first kappa shape index (κ1) is 16.2. The van der Waals surface area contributed by atoms with Gasteiger partial charge >= 0.3 is 0 Å². The summed E-state index contributed by atoms with van der Waals surface area (Å²) in [6, 6.07) is 3.99. The SMILES string of the molecule is CN1CCN(c2ncccc2CNC(=O)CNCC2CC2)CC1. The van der Waals surface area contributed by atoms with Crippen molar-refractivity contribution in [2.45, 2.75) is 19.4 Å². The molecule has 2 aliphatic rings. The van der Waals surface area contributed by atoms with Crippen molar-refractivity contribution in [2.75, 3.05) is 51.2 Å². The second kappa shape index (κ2) is 7.75. The van der Waals surface area contributed by atoms with E-state index < -0.39 is 0 Å². The van der Waals surface area contributed by atoms with Crippen molar-refractivity contribution in [1.82, 2.24) is 20.5 Å². The molecule has 0 bridgehead atoms. The van der Waals surface area contributed by atoms with E-state index in [1.807, 2.05) is 12.3 Å². The van der Waals surface area contributed by atoms with Crippen LogP contribution in [-0.4, -0.2) is 62.1 Å². The van der Waals surface area contributed by atoms with E-state index in [4.69, 9.17) is 0 Å². The molecule has 0 unspecified atom stereocenters.